The van der Waals surface area contributed by atoms with Crippen molar-refractivity contribution in [2.24, 2.45) is 0 Å². The Hall–Kier alpha value is -3.02. The summed E-state index contributed by atoms with van der Waals surface area (Å²) in [5.74, 6) is -0.0826. The summed E-state index contributed by atoms with van der Waals surface area (Å²) < 4.78 is 5.04. The van der Waals surface area contributed by atoms with E-state index in [1.54, 1.807) is 0 Å². The molecule has 6 heteroatoms. The normalized spacial score (nSPS) is 17.0. The third-order valence-corrected chi connectivity index (χ3v) is 4.73. The zero-order valence-electron chi connectivity index (χ0n) is 14.6. The first kappa shape index (κ1) is 16.4. The summed E-state index contributed by atoms with van der Waals surface area (Å²) in [5.41, 5.74) is 1.69. The van der Waals surface area contributed by atoms with Gasteiger partial charge in [-0.3, -0.25) is 9.59 Å². The molecule has 2 aromatic rings. The lowest BCUT2D eigenvalue weighted by Gasteiger charge is -2.30. The summed E-state index contributed by atoms with van der Waals surface area (Å²) in [6.07, 6.45) is 4.52. The first-order valence-corrected chi connectivity index (χ1v) is 8.76. The van der Waals surface area contributed by atoms with Gasteiger partial charge in [0.1, 0.15) is 17.1 Å². The van der Waals surface area contributed by atoms with Crippen molar-refractivity contribution >= 4 is 17.4 Å². The number of methoxy groups -OCH3 is 1. The molecule has 0 bridgehead atoms. The summed E-state index contributed by atoms with van der Waals surface area (Å²) >= 11 is 0. The van der Waals surface area contributed by atoms with E-state index < -0.39 is 5.78 Å². The van der Waals surface area contributed by atoms with E-state index in [0.717, 1.165) is 31.5 Å². The van der Waals surface area contributed by atoms with Crippen LogP contribution in [0, 0.1) is 0 Å². The number of benzene rings is 1. The smallest absolute Gasteiger partial charge is 0.248 e. The van der Waals surface area contributed by atoms with Crippen LogP contribution in [0.25, 0.3) is 11.3 Å². The van der Waals surface area contributed by atoms with Crippen molar-refractivity contribution in [3.8, 4) is 11.3 Å². The molecule has 1 aliphatic carbocycles. The van der Waals surface area contributed by atoms with E-state index >= 15 is 0 Å². The largest absolute Gasteiger partial charge is 0.492 e. The van der Waals surface area contributed by atoms with Crippen LogP contribution in [0.2, 0.25) is 0 Å². The highest BCUT2D eigenvalue weighted by molar-refractivity contribution is 6.22. The monoisotopic (exact) mass is 349 g/mol. The van der Waals surface area contributed by atoms with Crippen LogP contribution in [-0.4, -0.2) is 41.7 Å². The van der Waals surface area contributed by atoms with Crippen LogP contribution in [0.5, 0.6) is 0 Å². The minimum atomic E-state index is -0.396. The lowest BCUT2D eigenvalue weighted by Crippen LogP contribution is -2.32. The van der Waals surface area contributed by atoms with Gasteiger partial charge < -0.3 is 9.64 Å². The lowest BCUT2D eigenvalue weighted by atomic mass is 10.0. The van der Waals surface area contributed by atoms with Crippen molar-refractivity contribution < 1.29 is 14.3 Å². The molecule has 1 saturated heterocycles. The van der Waals surface area contributed by atoms with E-state index in [1.165, 1.54) is 19.6 Å². The van der Waals surface area contributed by atoms with E-state index in [0.29, 0.717) is 11.5 Å². The van der Waals surface area contributed by atoms with Crippen LogP contribution in [0.15, 0.2) is 42.2 Å². The van der Waals surface area contributed by atoms with Gasteiger partial charge in [-0.15, -0.1) is 0 Å². The molecule has 0 spiro atoms. The molecule has 6 nitrogen and oxygen atoms in total. The molecule has 0 N–H and O–H groups in total. The molecular formula is C20H19N3O3. The van der Waals surface area contributed by atoms with E-state index in [2.05, 4.69) is 14.9 Å². The number of carbonyl (C=O) groups excluding carboxylic acids is 2. The number of hydrogen-bond acceptors (Lipinski definition) is 6. The van der Waals surface area contributed by atoms with Gasteiger partial charge in [-0.05, 0) is 19.3 Å². The number of aromatic nitrogens is 2. The molecular weight excluding hydrogens is 330 g/mol. The number of hydrogen-bond donors (Lipinski definition) is 0. The fraction of sp³-hybridized carbons (Fsp3) is 0.300. The van der Waals surface area contributed by atoms with Gasteiger partial charge in [0.05, 0.1) is 7.11 Å². The molecule has 132 valence electrons. The Kier molecular flexibility index (Phi) is 4.24. The van der Waals surface area contributed by atoms with Gasteiger partial charge in [0.25, 0.3) is 0 Å². The number of anilines is 1. The third kappa shape index (κ3) is 2.77. The maximum absolute atomic E-state index is 12.6. The number of piperidine rings is 1. The molecule has 2 heterocycles. The minimum Gasteiger partial charge on any atom is -0.492 e. The number of nitrogens with zero attached hydrogens (tertiary/aromatic N) is 3. The van der Waals surface area contributed by atoms with Gasteiger partial charge in [0, 0.05) is 24.7 Å². The molecule has 26 heavy (non-hydrogen) atoms. The second kappa shape index (κ2) is 6.71. The summed E-state index contributed by atoms with van der Waals surface area (Å²) in [6.45, 7) is 1.73. The van der Waals surface area contributed by atoms with Crippen molar-refractivity contribution in [1.82, 2.24) is 9.97 Å². The molecule has 1 aromatic heterocycles. The fourth-order valence-electron chi connectivity index (χ4n) is 3.39. The van der Waals surface area contributed by atoms with Crippen LogP contribution in [-0.2, 0) is 4.74 Å². The van der Waals surface area contributed by atoms with Gasteiger partial charge in [-0.25, -0.2) is 9.97 Å². The molecule has 0 saturated carbocycles. The highest BCUT2D eigenvalue weighted by Gasteiger charge is 2.32. The van der Waals surface area contributed by atoms with E-state index in [9.17, 15) is 9.59 Å². The van der Waals surface area contributed by atoms with Crippen LogP contribution in [0.1, 0.15) is 40.2 Å². The van der Waals surface area contributed by atoms with Crippen LogP contribution >= 0.6 is 0 Å². The summed E-state index contributed by atoms with van der Waals surface area (Å²) in [4.78, 5) is 36.4. The van der Waals surface area contributed by atoms with Gasteiger partial charge in [0.2, 0.25) is 11.6 Å². The maximum Gasteiger partial charge on any atom is 0.248 e. The predicted octanol–water partition coefficient (Wildman–Crippen LogP) is 3.04. The number of fused-ring (bicyclic) bond motifs is 1. The Labute approximate surface area is 151 Å². The van der Waals surface area contributed by atoms with Gasteiger partial charge in [-0.2, -0.15) is 0 Å². The molecule has 2 aliphatic rings. The molecule has 1 aliphatic heterocycles. The van der Waals surface area contributed by atoms with Crippen molar-refractivity contribution in [3.63, 3.8) is 0 Å². The number of ketones is 2. The first-order valence-electron chi connectivity index (χ1n) is 8.76. The van der Waals surface area contributed by atoms with Gasteiger partial charge in [0.15, 0.2) is 11.6 Å². The lowest BCUT2D eigenvalue weighted by molar-refractivity contribution is 0.0909. The average Bonchev–Trinajstić information content (AvgIpc) is 2.71. The molecule has 1 fully saturated rings. The number of carbonyl (C=O) groups is 2. The van der Waals surface area contributed by atoms with Crippen LogP contribution in [0.4, 0.5) is 5.82 Å². The average molecular weight is 349 g/mol. The van der Waals surface area contributed by atoms with Gasteiger partial charge in [-0.1, -0.05) is 30.3 Å². The second-order valence-electron chi connectivity index (χ2n) is 6.41. The number of allylic oxidation sites excluding steroid dienone is 2. The highest BCUT2D eigenvalue weighted by Crippen LogP contribution is 2.32. The van der Waals surface area contributed by atoms with Gasteiger partial charge >= 0.3 is 0 Å². The maximum atomic E-state index is 12.6. The second-order valence-corrected chi connectivity index (χ2v) is 6.41. The van der Waals surface area contributed by atoms with Crippen molar-refractivity contribution in [1.29, 1.82) is 0 Å². The van der Waals surface area contributed by atoms with Crippen molar-refractivity contribution in [2.75, 3.05) is 25.1 Å². The van der Waals surface area contributed by atoms with Crippen LogP contribution in [0.3, 0.4) is 0 Å². The predicted molar refractivity (Wildman–Crippen MR) is 97.3 cm³/mol. The zero-order valence-corrected chi connectivity index (χ0v) is 14.6. The Balaban J connectivity index is 1.91. The zero-order chi connectivity index (χ0) is 18.1. The molecule has 0 radical (unpaired) electrons. The Bertz CT molecular complexity index is 900. The van der Waals surface area contributed by atoms with Crippen molar-refractivity contribution in [2.45, 2.75) is 19.3 Å². The first-order chi connectivity index (χ1) is 12.7. The summed E-state index contributed by atoms with van der Waals surface area (Å²) in [7, 11) is 1.37. The Morgan fingerprint density at radius 3 is 2.35 bits per heavy atom. The number of Topliss-reactive ketones (excluding diaryl/α,β-unsaturated/α-hetero) is 1. The molecule has 4 rings (SSSR count). The van der Waals surface area contributed by atoms with E-state index in [4.69, 9.17) is 4.74 Å². The highest BCUT2D eigenvalue weighted by atomic mass is 16.5. The topological polar surface area (TPSA) is 72.4 Å². The van der Waals surface area contributed by atoms with E-state index in [1.807, 2.05) is 30.3 Å². The molecule has 0 atom stereocenters. The molecule has 0 unspecified atom stereocenters. The minimum absolute atomic E-state index is 0.00820. The SMILES string of the molecule is COC1=CC(=O)c2nc(-c3ccccc3)c(N3CCCCC3)nc2C1=O. The van der Waals surface area contributed by atoms with E-state index in [-0.39, 0.29) is 22.9 Å². The van der Waals surface area contributed by atoms with Crippen LogP contribution < -0.4 is 4.90 Å². The quantitative estimate of drug-likeness (QED) is 0.848. The fourth-order valence-corrected chi connectivity index (χ4v) is 3.39. The van der Waals surface area contributed by atoms with Crippen molar-refractivity contribution in [3.05, 3.63) is 53.6 Å². The summed E-state index contributed by atoms with van der Waals surface area (Å²) in [5, 5.41) is 0. The third-order valence-electron chi connectivity index (χ3n) is 4.73. The standard InChI is InChI=1S/C20H19N3O3/c1-26-15-12-14(24)17-18(19(15)25)22-20(23-10-6-3-7-11-23)16(21-17)13-8-4-2-5-9-13/h2,4-5,8-9,12H,3,6-7,10-11H2,1H3. The Morgan fingerprint density at radius 2 is 1.65 bits per heavy atom. The number of rotatable bonds is 3. The molecule has 1 aromatic carbocycles. The molecule has 0 amide bonds. The summed E-state index contributed by atoms with van der Waals surface area (Å²) in [6, 6.07) is 9.65. The Morgan fingerprint density at radius 1 is 0.923 bits per heavy atom. The number of ether oxygens (including phenoxy) is 1.